The number of ether oxygens (including phenoxy) is 1. The van der Waals surface area contributed by atoms with Crippen molar-refractivity contribution in [2.24, 2.45) is 0 Å². The molecule has 3 rings (SSSR count). The molecular formula is C19H17N3O6. The van der Waals surface area contributed by atoms with E-state index in [0.29, 0.717) is 17.0 Å². The molecule has 1 N–H and O–H groups in total. The molecule has 0 bridgehead atoms. The van der Waals surface area contributed by atoms with Gasteiger partial charge in [-0.05, 0) is 25.1 Å². The zero-order valence-electron chi connectivity index (χ0n) is 15.0. The summed E-state index contributed by atoms with van der Waals surface area (Å²) in [5.41, 5.74) is 1.11. The maximum atomic E-state index is 12.2. The van der Waals surface area contributed by atoms with Crippen molar-refractivity contribution < 1.29 is 23.7 Å². The molecule has 0 aliphatic heterocycles. The molecule has 144 valence electrons. The first-order valence-electron chi connectivity index (χ1n) is 8.52. The highest BCUT2D eigenvalue weighted by Gasteiger charge is 2.21. The van der Waals surface area contributed by atoms with E-state index in [2.05, 4.69) is 10.3 Å². The number of carbonyl (C=O) groups is 2. The molecule has 1 aromatic heterocycles. The Morgan fingerprint density at radius 2 is 1.93 bits per heavy atom. The molecule has 0 saturated heterocycles. The maximum Gasteiger partial charge on any atom is 0.307 e. The third-order valence-electron chi connectivity index (χ3n) is 3.92. The van der Waals surface area contributed by atoms with E-state index in [1.807, 2.05) is 12.1 Å². The Hall–Kier alpha value is -3.75. The van der Waals surface area contributed by atoms with Gasteiger partial charge in [-0.2, -0.15) is 0 Å². The molecule has 0 aliphatic carbocycles. The number of oxazole rings is 1. The minimum absolute atomic E-state index is 0.0179. The number of benzene rings is 2. The van der Waals surface area contributed by atoms with Gasteiger partial charge in [0.1, 0.15) is 11.2 Å². The molecule has 1 heterocycles. The third kappa shape index (κ3) is 4.50. The van der Waals surface area contributed by atoms with Crippen molar-refractivity contribution in [2.75, 3.05) is 5.32 Å². The molecule has 0 spiro atoms. The number of amides is 1. The first-order chi connectivity index (χ1) is 13.4. The lowest BCUT2D eigenvalue weighted by molar-refractivity contribution is -0.383. The van der Waals surface area contributed by atoms with E-state index in [-0.39, 0.29) is 24.2 Å². The van der Waals surface area contributed by atoms with Crippen molar-refractivity contribution in [1.29, 1.82) is 0 Å². The fourth-order valence-corrected chi connectivity index (χ4v) is 2.52. The van der Waals surface area contributed by atoms with Gasteiger partial charge in [0.25, 0.3) is 11.6 Å². The van der Waals surface area contributed by atoms with Crippen molar-refractivity contribution in [2.45, 2.75) is 25.9 Å². The summed E-state index contributed by atoms with van der Waals surface area (Å²) >= 11 is 0. The molecular weight excluding hydrogens is 366 g/mol. The number of hydrogen-bond acceptors (Lipinski definition) is 7. The summed E-state index contributed by atoms with van der Waals surface area (Å²) in [5.74, 6) is -0.868. The molecule has 0 radical (unpaired) electrons. The van der Waals surface area contributed by atoms with Gasteiger partial charge in [-0.25, -0.2) is 4.98 Å². The van der Waals surface area contributed by atoms with Gasteiger partial charge in [0.05, 0.1) is 11.3 Å². The highest BCUT2D eigenvalue weighted by atomic mass is 16.6. The number of para-hydroxylation sites is 4. The SMILES string of the molecule is C[C@H](OC(=O)CCc1nc2ccccc2o1)C(=O)Nc1ccccc1[N+](=O)[O-]. The lowest BCUT2D eigenvalue weighted by Gasteiger charge is -2.13. The first kappa shape index (κ1) is 19.0. The van der Waals surface area contributed by atoms with Crippen LogP contribution < -0.4 is 5.32 Å². The van der Waals surface area contributed by atoms with Gasteiger partial charge in [-0.15, -0.1) is 0 Å². The average molecular weight is 383 g/mol. The highest BCUT2D eigenvalue weighted by molar-refractivity contribution is 5.96. The number of nitro groups is 1. The van der Waals surface area contributed by atoms with Crippen LogP contribution in [0.5, 0.6) is 0 Å². The van der Waals surface area contributed by atoms with E-state index in [4.69, 9.17) is 9.15 Å². The van der Waals surface area contributed by atoms with Crippen molar-refractivity contribution in [3.63, 3.8) is 0 Å². The minimum Gasteiger partial charge on any atom is -0.453 e. The van der Waals surface area contributed by atoms with Gasteiger partial charge in [0.15, 0.2) is 17.6 Å². The third-order valence-corrected chi connectivity index (χ3v) is 3.92. The summed E-state index contributed by atoms with van der Waals surface area (Å²) in [7, 11) is 0. The number of aromatic nitrogens is 1. The smallest absolute Gasteiger partial charge is 0.307 e. The van der Waals surface area contributed by atoms with Crippen molar-refractivity contribution >= 4 is 34.4 Å². The number of nitrogens with one attached hydrogen (secondary N) is 1. The molecule has 9 heteroatoms. The molecule has 0 saturated carbocycles. The molecule has 28 heavy (non-hydrogen) atoms. The normalized spacial score (nSPS) is 11.8. The number of anilines is 1. The monoisotopic (exact) mass is 383 g/mol. The Morgan fingerprint density at radius 1 is 1.21 bits per heavy atom. The Morgan fingerprint density at radius 3 is 2.68 bits per heavy atom. The Labute approximate surface area is 159 Å². The highest BCUT2D eigenvalue weighted by Crippen LogP contribution is 2.23. The summed E-state index contributed by atoms with van der Waals surface area (Å²) in [6.07, 6.45) is -0.905. The van der Waals surface area contributed by atoms with Gasteiger partial charge in [-0.3, -0.25) is 19.7 Å². The second-order valence-electron chi connectivity index (χ2n) is 5.97. The predicted octanol–water partition coefficient (Wildman–Crippen LogP) is 3.24. The van der Waals surface area contributed by atoms with E-state index < -0.39 is 22.9 Å². The lowest BCUT2D eigenvalue weighted by Crippen LogP contribution is -2.30. The number of fused-ring (bicyclic) bond motifs is 1. The first-order valence-corrected chi connectivity index (χ1v) is 8.52. The van der Waals surface area contributed by atoms with Gasteiger partial charge in [0, 0.05) is 12.5 Å². The van der Waals surface area contributed by atoms with Crippen LogP contribution >= 0.6 is 0 Å². The summed E-state index contributed by atoms with van der Waals surface area (Å²) in [6, 6.07) is 13.0. The van der Waals surface area contributed by atoms with E-state index in [0.717, 1.165) is 0 Å². The number of carbonyl (C=O) groups excluding carboxylic acids is 2. The second-order valence-corrected chi connectivity index (χ2v) is 5.97. The fraction of sp³-hybridized carbons (Fsp3) is 0.211. The quantitative estimate of drug-likeness (QED) is 0.377. The largest absolute Gasteiger partial charge is 0.453 e. The zero-order chi connectivity index (χ0) is 20.1. The van der Waals surface area contributed by atoms with E-state index in [9.17, 15) is 19.7 Å². The van der Waals surface area contributed by atoms with Crippen LogP contribution in [0.4, 0.5) is 11.4 Å². The Balaban J connectivity index is 1.53. The average Bonchev–Trinajstić information content (AvgIpc) is 3.09. The van der Waals surface area contributed by atoms with Crippen LogP contribution in [0.15, 0.2) is 52.9 Å². The minimum atomic E-state index is -1.11. The fourth-order valence-electron chi connectivity index (χ4n) is 2.52. The summed E-state index contributed by atoms with van der Waals surface area (Å²) < 4.78 is 10.6. The van der Waals surface area contributed by atoms with Gasteiger partial charge in [0.2, 0.25) is 0 Å². The lowest BCUT2D eigenvalue weighted by atomic mass is 10.2. The molecule has 0 aliphatic rings. The van der Waals surface area contributed by atoms with E-state index in [1.54, 1.807) is 18.2 Å². The summed E-state index contributed by atoms with van der Waals surface area (Å²) in [4.78, 5) is 38.8. The number of nitro benzene ring substituents is 1. The van der Waals surface area contributed by atoms with Gasteiger partial charge in [-0.1, -0.05) is 24.3 Å². The van der Waals surface area contributed by atoms with E-state index in [1.165, 1.54) is 25.1 Å². The van der Waals surface area contributed by atoms with Crippen LogP contribution in [-0.2, 0) is 20.7 Å². The van der Waals surface area contributed by atoms with E-state index >= 15 is 0 Å². The predicted molar refractivity (Wildman–Crippen MR) is 99.6 cm³/mol. The Bertz CT molecular complexity index is 996. The van der Waals surface area contributed by atoms with Crippen LogP contribution in [0.3, 0.4) is 0 Å². The number of hydrogen-bond donors (Lipinski definition) is 1. The number of nitrogens with zero attached hydrogens (tertiary/aromatic N) is 2. The molecule has 9 nitrogen and oxygen atoms in total. The number of rotatable bonds is 7. The van der Waals surface area contributed by atoms with Crippen LogP contribution in [-0.4, -0.2) is 27.9 Å². The van der Waals surface area contributed by atoms with Crippen molar-refractivity contribution in [1.82, 2.24) is 4.98 Å². The number of esters is 1. The molecule has 0 fully saturated rings. The van der Waals surface area contributed by atoms with Crippen molar-refractivity contribution in [3.8, 4) is 0 Å². The second kappa shape index (κ2) is 8.30. The maximum absolute atomic E-state index is 12.2. The molecule has 3 aromatic rings. The number of aryl methyl sites for hydroxylation is 1. The molecule has 1 atom stereocenters. The van der Waals surface area contributed by atoms with Crippen LogP contribution in [0.2, 0.25) is 0 Å². The summed E-state index contributed by atoms with van der Waals surface area (Å²) in [5, 5.41) is 13.4. The summed E-state index contributed by atoms with van der Waals surface area (Å²) in [6.45, 7) is 1.39. The zero-order valence-corrected chi connectivity index (χ0v) is 15.0. The molecule has 1 amide bonds. The Kier molecular flexibility index (Phi) is 5.64. The molecule has 2 aromatic carbocycles. The standard InChI is InChI=1S/C19H17N3O6/c1-12(19(24)21-13-6-2-4-8-15(13)22(25)26)27-18(23)11-10-17-20-14-7-3-5-9-16(14)28-17/h2-9,12H,10-11H2,1H3,(H,21,24)/t12-/m0/s1. The van der Waals surface area contributed by atoms with Crippen LogP contribution in [0.1, 0.15) is 19.2 Å². The van der Waals surface area contributed by atoms with Crippen LogP contribution in [0, 0.1) is 10.1 Å². The van der Waals surface area contributed by atoms with Gasteiger partial charge >= 0.3 is 5.97 Å². The topological polar surface area (TPSA) is 125 Å². The molecule has 0 unspecified atom stereocenters. The van der Waals surface area contributed by atoms with Gasteiger partial charge < -0.3 is 14.5 Å². The van der Waals surface area contributed by atoms with Crippen LogP contribution in [0.25, 0.3) is 11.1 Å². The van der Waals surface area contributed by atoms with Crippen molar-refractivity contribution in [3.05, 3.63) is 64.5 Å².